The molecule has 2 saturated carbocycles. The first kappa shape index (κ1) is 19.4. The molecule has 2 unspecified atom stereocenters. The van der Waals surface area contributed by atoms with E-state index >= 15 is 0 Å². The largest absolute Gasteiger partial charge is 0.522 e. The maximum Gasteiger partial charge on any atom is 0.522 e. The van der Waals surface area contributed by atoms with E-state index in [0.717, 1.165) is 0 Å². The van der Waals surface area contributed by atoms with E-state index in [1.807, 2.05) is 0 Å². The molecule has 1 heterocycles. The van der Waals surface area contributed by atoms with Crippen LogP contribution in [0.15, 0.2) is 4.99 Å². The minimum absolute atomic E-state index is 0.0598. The number of aliphatic hydroxyl groups is 1. The predicted octanol–water partition coefficient (Wildman–Crippen LogP) is 2.60. The van der Waals surface area contributed by atoms with Crippen molar-refractivity contribution in [3.05, 3.63) is 0 Å². The zero-order valence-corrected chi connectivity index (χ0v) is 14.7. The number of nitrogens with zero attached hydrogens (tertiary/aromatic N) is 1. The number of halogens is 4. The summed E-state index contributed by atoms with van der Waals surface area (Å²) in [5, 5.41) is 14.3. The van der Waals surface area contributed by atoms with E-state index in [1.54, 1.807) is 6.21 Å². The third-order valence-corrected chi connectivity index (χ3v) is 6.10. The van der Waals surface area contributed by atoms with Crippen molar-refractivity contribution >= 4 is 17.8 Å². The number of alkyl halides is 4. The highest BCUT2D eigenvalue weighted by molar-refractivity contribution is 6.27. The molecular formula is C16H24ClF3N2O3. The molecule has 0 spiro atoms. The average Bonchev–Trinajstić information content (AvgIpc) is 3.33. The molecule has 9 heteroatoms. The Morgan fingerprint density at radius 2 is 1.84 bits per heavy atom. The number of aliphatic imine (C=N–C) groups is 1. The number of hydrogen-bond acceptors (Lipinski definition) is 5. The first-order valence-electron chi connectivity index (χ1n) is 8.70. The van der Waals surface area contributed by atoms with Crippen molar-refractivity contribution in [2.24, 2.45) is 10.9 Å². The normalized spacial score (nSPS) is 34.5. The molecule has 0 amide bonds. The number of rotatable bonds is 6. The van der Waals surface area contributed by atoms with Gasteiger partial charge in [-0.15, -0.1) is 24.8 Å². The summed E-state index contributed by atoms with van der Waals surface area (Å²) in [6, 6.07) is 0. The van der Waals surface area contributed by atoms with E-state index in [9.17, 15) is 18.3 Å². The first-order chi connectivity index (χ1) is 11.7. The summed E-state index contributed by atoms with van der Waals surface area (Å²) in [7, 11) is 0. The van der Waals surface area contributed by atoms with Crippen molar-refractivity contribution in [1.82, 2.24) is 5.32 Å². The Morgan fingerprint density at radius 1 is 1.20 bits per heavy atom. The van der Waals surface area contributed by atoms with Gasteiger partial charge in [-0.2, -0.15) is 0 Å². The number of ether oxygens (including phenoxy) is 2. The third-order valence-electron chi connectivity index (χ3n) is 5.39. The Balaban J connectivity index is 1.53. The Bertz CT molecular complexity index is 494. The molecule has 2 aliphatic carbocycles. The van der Waals surface area contributed by atoms with Gasteiger partial charge in [-0.1, -0.05) is 0 Å². The summed E-state index contributed by atoms with van der Waals surface area (Å²) in [6.45, 7) is 1.15. The lowest BCUT2D eigenvalue weighted by Gasteiger charge is -2.41. The minimum Gasteiger partial charge on any atom is -0.385 e. The molecule has 0 aromatic carbocycles. The van der Waals surface area contributed by atoms with E-state index in [4.69, 9.17) is 16.3 Å². The molecule has 2 N–H and O–H groups in total. The summed E-state index contributed by atoms with van der Waals surface area (Å²) in [5.41, 5.74) is -1.23. The van der Waals surface area contributed by atoms with Gasteiger partial charge in [0.2, 0.25) is 0 Å². The fourth-order valence-corrected chi connectivity index (χ4v) is 3.96. The van der Waals surface area contributed by atoms with Crippen molar-refractivity contribution in [2.45, 2.75) is 67.6 Å². The third kappa shape index (κ3) is 4.66. The quantitative estimate of drug-likeness (QED) is 0.691. The van der Waals surface area contributed by atoms with Gasteiger partial charge in [0.05, 0.1) is 30.4 Å². The molecule has 0 saturated heterocycles. The van der Waals surface area contributed by atoms with Crippen LogP contribution in [0.3, 0.4) is 0 Å². The number of hydrogen-bond donors (Lipinski definition) is 2. The summed E-state index contributed by atoms with van der Waals surface area (Å²) < 4.78 is 46.8. The zero-order valence-electron chi connectivity index (χ0n) is 13.9. The summed E-state index contributed by atoms with van der Waals surface area (Å²) >= 11 is 6.53. The van der Waals surface area contributed by atoms with Crippen molar-refractivity contribution in [2.75, 3.05) is 19.8 Å². The maximum atomic E-state index is 12.3. The van der Waals surface area contributed by atoms with E-state index in [0.29, 0.717) is 51.7 Å². The van der Waals surface area contributed by atoms with Crippen molar-refractivity contribution in [3.8, 4) is 0 Å². The Hall–Kier alpha value is -0.410. The molecule has 25 heavy (non-hydrogen) atoms. The van der Waals surface area contributed by atoms with Gasteiger partial charge in [0.1, 0.15) is 5.60 Å². The van der Waals surface area contributed by atoms with Crippen LogP contribution in [0.25, 0.3) is 0 Å². The Kier molecular flexibility index (Phi) is 5.66. The maximum absolute atomic E-state index is 12.3. The highest BCUT2D eigenvalue weighted by atomic mass is 35.5. The Morgan fingerprint density at radius 3 is 2.36 bits per heavy atom. The molecular weight excluding hydrogens is 361 g/mol. The zero-order chi connectivity index (χ0) is 18.1. The van der Waals surface area contributed by atoms with Crippen molar-refractivity contribution < 1.29 is 27.8 Å². The van der Waals surface area contributed by atoms with E-state index in [2.05, 4.69) is 15.0 Å². The molecule has 3 rings (SSSR count). The fourth-order valence-electron chi connectivity index (χ4n) is 3.67. The topological polar surface area (TPSA) is 63.1 Å². The van der Waals surface area contributed by atoms with E-state index in [-0.39, 0.29) is 18.6 Å². The molecule has 3 aliphatic rings. The second kappa shape index (κ2) is 7.31. The molecule has 2 atom stereocenters. The molecule has 2 fully saturated rings. The van der Waals surface area contributed by atoms with Gasteiger partial charge >= 0.3 is 6.36 Å². The monoisotopic (exact) mass is 384 g/mol. The molecule has 0 bridgehead atoms. The summed E-state index contributed by atoms with van der Waals surface area (Å²) in [5.74, 6) is -0.244. The average molecular weight is 385 g/mol. The fraction of sp³-hybridized carbons (Fsp3) is 0.938. The standard InChI is InChI=1S/C16H24ClF3N2O3/c17-14(5-6-14)15(23,11-7-21-10-22-8-11)9-24-12-1-3-13(4-2-12)25-16(18,19)20/h7,11-13,22-23H,1-6,8-10H2. The second-order valence-corrected chi connectivity index (χ2v) is 7.94. The van der Waals surface area contributed by atoms with Crippen LogP contribution in [0, 0.1) is 5.92 Å². The van der Waals surface area contributed by atoms with Gasteiger partial charge in [0, 0.05) is 18.7 Å². The molecule has 0 radical (unpaired) electrons. The van der Waals surface area contributed by atoms with Crippen LogP contribution in [0.5, 0.6) is 0 Å². The van der Waals surface area contributed by atoms with Crippen LogP contribution in [0.4, 0.5) is 13.2 Å². The van der Waals surface area contributed by atoms with Crippen molar-refractivity contribution in [3.63, 3.8) is 0 Å². The van der Waals surface area contributed by atoms with Crippen LogP contribution in [0.2, 0.25) is 0 Å². The second-order valence-electron chi connectivity index (χ2n) is 7.21. The lowest BCUT2D eigenvalue weighted by Crippen LogP contribution is -2.57. The van der Waals surface area contributed by atoms with E-state index in [1.165, 1.54) is 0 Å². The Labute approximate surface area is 149 Å². The number of nitrogens with one attached hydrogen (secondary N) is 1. The van der Waals surface area contributed by atoms with Gasteiger partial charge < -0.3 is 9.84 Å². The van der Waals surface area contributed by atoms with Gasteiger partial charge in [0.15, 0.2) is 0 Å². The SMILES string of the molecule is OC(COC1CCC(OC(F)(F)F)CC1)(C1C=NCNC1)C1(Cl)CC1. The van der Waals surface area contributed by atoms with Gasteiger partial charge in [-0.05, 0) is 38.5 Å². The van der Waals surface area contributed by atoms with Crippen LogP contribution < -0.4 is 5.32 Å². The van der Waals surface area contributed by atoms with Gasteiger partial charge in [-0.3, -0.25) is 15.0 Å². The van der Waals surface area contributed by atoms with Crippen LogP contribution in [-0.2, 0) is 9.47 Å². The lowest BCUT2D eigenvalue weighted by atomic mass is 9.83. The highest BCUT2D eigenvalue weighted by Crippen LogP contribution is 2.54. The van der Waals surface area contributed by atoms with Gasteiger partial charge in [0.25, 0.3) is 0 Å². The molecule has 0 aromatic rings. The van der Waals surface area contributed by atoms with Crippen LogP contribution in [-0.4, -0.2) is 60.2 Å². The summed E-state index contributed by atoms with van der Waals surface area (Å²) in [6.07, 6.45) is -0.896. The molecule has 144 valence electrons. The van der Waals surface area contributed by atoms with Crippen LogP contribution in [0.1, 0.15) is 38.5 Å². The lowest BCUT2D eigenvalue weighted by molar-refractivity contribution is -0.346. The summed E-state index contributed by atoms with van der Waals surface area (Å²) in [4.78, 5) is 3.46. The van der Waals surface area contributed by atoms with Crippen molar-refractivity contribution in [1.29, 1.82) is 0 Å². The minimum atomic E-state index is -4.59. The molecule has 1 aliphatic heterocycles. The molecule has 0 aromatic heterocycles. The van der Waals surface area contributed by atoms with Gasteiger partial charge in [-0.25, -0.2) is 0 Å². The molecule has 5 nitrogen and oxygen atoms in total. The van der Waals surface area contributed by atoms with E-state index < -0.39 is 22.9 Å². The smallest absolute Gasteiger partial charge is 0.385 e. The van der Waals surface area contributed by atoms with Crippen LogP contribution >= 0.6 is 11.6 Å². The first-order valence-corrected chi connectivity index (χ1v) is 9.08. The highest BCUT2D eigenvalue weighted by Gasteiger charge is 2.61. The predicted molar refractivity (Wildman–Crippen MR) is 86.8 cm³/mol.